The molecule has 7 nitrogen and oxygen atoms in total. The lowest BCUT2D eigenvalue weighted by Gasteiger charge is -2.10. The lowest BCUT2D eigenvalue weighted by molar-refractivity contribution is 0.0926. The number of carbonyl (C=O) groups is 2. The summed E-state index contributed by atoms with van der Waals surface area (Å²) in [5.74, 6) is 0.351. The molecule has 1 aliphatic rings. The standard InChI is InChI=1S/C22H24N4O3/c1-2-29-17-12-10-16(11-13-17)23-21(27)19-18-9-5-6-14-26(18)20(25-19)22(28)24-15-7-3-4-8-15/h5-6,9-15H,2-4,7-8H2,1H3,(H,23,27)(H,24,28). The Bertz CT molecular complexity index is 1020. The van der Waals surface area contributed by atoms with Gasteiger partial charge in [0.15, 0.2) is 5.69 Å². The third-order valence-corrected chi connectivity index (χ3v) is 5.08. The number of rotatable bonds is 6. The van der Waals surface area contributed by atoms with Crippen LogP contribution in [-0.2, 0) is 0 Å². The van der Waals surface area contributed by atoms with E-state index >= 15 is 0 Å². The third kappa shape index (κ3) is 4.08. The molecule has 4 rings (SSSR count). The number of nitrogens with one attached hydrogen (secondary N) is 2. The van der Waals surface area contributed by atoms with E-state index in [1.807, 2.05) is 19.1 Å². The second-order valence-corrected chi connectivity index (χ2v) is 7.11. The minimum Gasteiger partial charge on any atom is -0.494 e. The number of amides is 2. The SMILES string of the molecule is CCOc1ccc(NC(=O)c2nc(C(=O)NC3CCCC3)n3ccccc23)cc1. The van der Waals surface area contributed by atoms with E-state index in [1.165, 1.54) is 0 Å². The smallest absolute Gasteiger partial charge is 0.287 e. The molecule has 0 saturated heterocycles. The molecule has 2 heterocycles. The maximum Gasteiger partial charge on any atom is 0.287 e. The number of ether oxygens (including phenoxy) is 1. The van der Waals surface area contributed by atoms with Gasteiger partial charge in [-0.25, -0.2) is 4.98 Å². The van der Waals surface area contributed by atoms with Crippen molar-refractivity contribution in [1.82, 2.24) is 14.7 Å². The van der Waals surface area contributed by atoms with Crippen molar-refractivity contribution < 1.29 is 14.3 Å². The van der Waals surface area contributed by atoms with Crippen molar-refractivity contribution in [2.75, 3.05) is 11.9 Å². The molecule has 2 amide bonds. The minimum atomic E-state index is -0.363. The van der Waals surface area contributed by atoms with Crippen LogP contribution >= 0.6 is 0 Å². The van der Waals surface area contributed by atoms with E-state index < -0.39 is 0 Å². The number of hydrogen-bond donors (Lipinski definition) is 2. The molecule has 150 valence electrons. The highest BCUT2D eigenvalue weighted by Gasteiger charge is 2.24. The van der Waals surface area contributed by atoms with Crippen molar-refractivity contribution in [2.45, 2.75) is 38.6 Å². The molecule has 0 aliphatic heterocycles. The van der Waals surface area contributed by atoms with Crippen LogP contribution in [0.5, 0.6) is 5.75 Å². The van der Waals surface area contributed by atoms with E-state index in [-0.39, 0.29) is 29.4 Å². The van der Waals surface area contributed by atoms with E-state index in [1.54, 1.807) is 40.9 Å². The largest absolute Gasteiger partial charge is 0.494 e. The predicted molar refractivity (Wildman–Crippen MR) is 110 cm³/mol. The summed E-state index contributed by atoms with van der Waals surface area (Å²) in [5, 5.41) is 5.88. The second kappa shape index (κ2) is 8.34. The first kappa shape index (κ1) is 19.0. The molecule has 1 fully saturated rings. The third-order valence-electron chi connectivity index (χ3n) is 5.08. The molecule has 0 bridgehead atoms. The zero-order valence-corrected chi connectivity index (χ0v) is 16.4. The van der Waals surface area contributed by atoms with Crippen LogP contribution in [0.3, 0.4) is 0 Å². The number of benzene rings is 1. The number of imidazole rings is 1. The maximum absolute atomic E-state index is 12.9. The number of aromatic nitrogens is 2. The maximum atomic E-state index is 12.9. The first-order valence-electron chi connectivity index (χ1n) is 9.98. The summed E-state index contributed by atoms with van der Waals surface area (Å²) in [5.41, 5.74) is 1.44. The Morgan fingerprint density at radius 2 is 1.86 bits per heavy atom. The van der Waals surface area contributed by atoms with E-state index in [9.17, 15) is 9.59 Å². The van der Waals surface area contributed by atoms with Gasteiger partial charge in [0, 0.05) is 17.9 Å². The van der Waals surface area contributed by atoms with Gasteiger partial charge in [0.05, 0.1) is 12.1 Å². The van der Waals surface area contributed by atoms with E-state index in [0.717, 1.165) is 31.4 Å². The molecule has 1 aliphatic carbocycles. The van der Waals surface area contributed by atoms with Crippen LogP contribution in [-0.4, -0.2) is 33.8 Å². The summed E-state index contributed by atoms with van der Waals surface area (Å²) < 4.78 is 7.08. The highest BCUT2D eigenvalue weighted by Crippen LogP contribution is 2.20. The molecular formula is C22H24N4O3. The Morgan fingerprint density at radius 1 is 1.10 bits per heavy atom. The van der Waals surface area contributed by atoms with Gasteiger partial charge in [-0.3, -0.25) is 14.0 Å². The van der Waals surface area contributed by atoms with Crippen LogP contribution in [0.15, 0.2) is 48.7 Å². The van der Waals surface area contributed by atoms with Gasteiger partial charge < -0.3 is 15.4 Å². The van der Waals surface area contributed by atoms with Crippen molar-refractivity contribution >= 4 is 23.0 Å². The van der Waals surface area contributed by atoms with Crippen LogP contribution in [0.4, 0.5) is 5.69 Å². The topological polar surface area (TPSA) is 84.7 Å². The molecule has 2 aromatic heterocycles. The quantitative estimate of drug-likeness (QED) is 0.670. The number of hydrogen-bond acceptors (Lipinski definition) is 4. The van der Waals surface area contributed by atoms with Crippen LogP contribution in [0, 0.1) is 0 Å². The summed E-state index contributed by atoms with van der Waals surface area (Å²) in [6.07, 6.45) is 5.98. The Labute approximate surface area is 169 Å². The zero-order chi connectivity index (χ0) is 20.2. The molecule has 29 heavy (non-hydrogen) atoms. The Kier molecular flexibility index (Phi) is 5.46. The van der Waals surface area contributed by atoms with Crippen molar-refractivity contribution in [3.8, 4) is 5.75 Å². The van der Waals surface area contributed by atoms with Gasteiger partial charge in [-0.2, -0.15) is 0 Å². The average Bonchev–Trinajstić information content (AvgIpc) is 3.37. The molecule has 1 aromatic carbocycles. The van der Waals surface area contributed by atoms with Crippen LogP contribution in [0.25, 0.3) is 5.52 Å². The lowest BCUT2D eigenvalue weighted by Crippen LogP contribution is -2.33. The normalized spacial score (nSPS) is 14.1. The van der Waals surface area contributed by atoms with Crippen molar-refractivity contribution in [2.24, 2.45) is 0 Å². The number of anilines is 1. The van der Waals surface area contributed by atoms with Gasteiger partial charge in [-0.15, -0.1) is 0 Å². The number of carbonyl (C=O) groups excluding carboxylic acids is 2. The van der Waals surface area contributed by atoms with Gasteiger partial charge in [0.1, 0.15) is 5.75 Å². The monoisotopic (exact) mass is 392 g/mol. The zero-order valence-electron chi connectivity index (χ0n) is 16.4. The van der Waals surface area contributed by atoms with Crippen molar-refractivity contribution in [1.29, 1.82) is 0 Å². The van der Waals surface area contributed by atoms with Crippen LogP contribution in [0.2, 0.25) is 0 Å². The molecule has 1 saturated carbocycles. The van der Waals surface area contributed by atoms with Gasteiger partial charge in [0.25, 0.3) is 11.8 Å². The van der Waals surface area contributed by atoms with E-state index in [4.69, 9.17) is 4.74 Å². The van der Waals surface area contributed by atoms with Crippen molar-refractivity contribution in [3.63, 3.8) is 0 Å². The summed E-state index contributed by atoms with van der Waals surface area (Å²) in [4.78, 5) is 30.0. The molecule has 2 N–H and O–H groups in total. The highest BCUT2D eigenvalue weighted by atomic mass is 16.5. The molecule has 0 unspecified atom stereocenters. The number of pyridine rings is 1. The molecule has 0 spiro atoms. The average molecular weight is 392 g/mol. The Morgan fingerprint density at radius 3 is 2.59 bits per heavy atom. The van der Waals surface area contributed by atoms with Gasteiger partial charge in [-0.1, -0.05) is 18.9 Å². The Balaban J connectivity index is 1.58. The second-order valence-electron chi connectivity index (χ2n) is 7.11. The van der Waals surface area contributed by atoms with Crippen LogP contribution < -0.4 is 15.4 Å². The lowest BCUT2D eigenvalue weighted by atomic mass is 10.2. The minimum absolute atomic E-state index is 0.180. The van der Waals surface area contributed by atoms with E-state index in [0.29, 0.717) is 17.8 Å². The Hall–Kier alpha value is -3.35. The first-order valence-corrected chi connectivity index (χ1v) is 9.98. The predicted octanol–water partition coefficient (Wildman–Crippen LogP) is 3.66. The van der Waals surface area contributed by atoms with Gasteiger partial charge in [-0.05, 0) is 56.2 Å². The molecule has 0 radical (unpaired) electrons. The molecule has 7 heteroatoms. The summed E-state index contributed by atoms with van der Waals surface area (Å²) in [6, 6.07) is 12.7. The van der Waals surface area contributed by atoms with Gasteiger partial charge in [0.2, 0.25) is 5.82 Å². The molecule has 3 aromatic rings. The summed E-state index contributed by atoms with van der Waals surface area (Å²) >= 11 is 0. The molecular weight excluding hydrogens is 368 g/mol. The fourth-order valence-corrected chi connectivity index (χ4v) is 3.68. The van der Waals surface area contributed by atoms with E-state index in [2.05, 4.69) is 15.6 Å². The van der Waals surface area contributed by atoms with Gasteiger partial charge >= 0.3 is 0 Å². The summed E-state index contributed by atoms with van der Waals surface area (Å²) in [7, 11) is 0. The fourth-order valence-electron chi connectivity index (χ4n) is 3.68. The van der Waals surface area contributed by atoms with Crippen molar-refractivity contribution in [3.05, 3.63) is 60.2 Å². The number of nitrogens with zero attached hydrogens (tertiary/aromatic N) is 2. The first-order chi connectivity index (χ1) is 14.2. The summed E-state index contributed by atoms with van der Waals surface area (Å²) in [6.45, 7) is 2.50. The molecule has 0 atom stereocenters. The highest BCUT2D eigenvalue weighted by molar-refractivity contribution is 6.09. The number of fused-ring (bicyclic) bond motifs is 1. The fraction of sp³-hybridized carbons (Fsp3) is 0.318. The van der Waals surface area contributed by atoms with Crippen LogP contribution in [0.1, 0.15) is 53.7 Å².